The molecule has 6 heteroatoms. The van der Waals surface area contributed by atoms with Crippen molar-refractivity contribution in [3.05, 3.63) is 35.4 Å². The van der Waals surface area contributed by atoms with Crippen molar-refractivity contribution in [2.75, 3.05) is 7.11 Å². The Bertz CT molecular complexity index is 516. The molecule has 0 aliphatic carbocycles. The summed E-state index contributed by atoms with van der Waals surface area (Å²) in [6, 6.07) is 6.60. The van der Waals surface area contributed by atoms with Crippen LogP contribution in [0.5, 0.6) is 0 Å². The molecule has 0 saturated carbocycles. The van der Waals surface area contributed by atoms with Gasteiger partial charge in [0.25, 0.3) is 0 Å². The van der Waals surface area contributed by atoms with Crippen LogP contribution >= 0.6 is 11.8 Å². The number of nitrogens with two attached hydrogens (primary N) is 1. The van der Waals surface area contributed by atoms with Crippen LogP contribution < -0.4 is 5.73 Å². The zero-order valence-corrected chi connectivity index (χ0v) is 13.3. The van der Waals surface area contributed by atoms with Gasteiger partial charge in [-0.25, -0.2) is 0 Å². The zero-order valence-electron chi connectivity index (χ0n) is 12.5. The number of rotatable bonds is 7. The van der Waals surface area contributed by atoms with Gasteiger partial charge in [-0.15, -0.1) is 11.8 Å². The highest BCUT2D eigenvalue weighted by Crippen LogP contribution is 2.31. The lowest BCUT2D eigenvalue weighted by molar-refractivity contribution is -0.140. The molecule has 1 aromatic rings. The number of carboxylic acid groups (broad SMARTS) is 1. The second-order valence-corrected chi connectivity index (χ2v) is 6.86. The number of hydrogen-bond donors (Lipinski definition) is 2. The summed E-state index contributed by atoms with van der Waals surface area (Å²) in [5.41, 5.74) is 7.57. The number of methoxy groups -OCH3 is 1. The molecule has 1 rings (SSSR count). The Hall–Kier alpha value is -1.53. The number of carbonyl (C=O) groups excluding carboxylic acids is 1. The standard InChI is InChI=1S/C15H21NO4S/c1-15(2,13(16)14(18)19)21-9-11-7-5-4-6-10(11)8-12(17)20-3/h4-7,13H,8-9,16H2,1-3H3,(H,18,19)/t13-/m0/s1. The second-order valence-electron chi connectivity index (χ2n) is 5.23. The molecule has 5 nitrogen and oxygen atoms in total. The Morgan fingerprint density at radius 3 is 2.43 bits per heavy atom. The van der Waals surface area contributed by atoms with Crippen LogP contribution in [0.2, 0.25) is 0 Å². The molecule has 0 bridgehead atoms. The normalized spacial score (nSPS) is 12.8. The summed E-state index contributed by atoms with van der Waals surface area (Å²) in [6.45, 7) is 3.61. The fraction of sp³-hybridized carbons (Fsp3) is 0.467. The molecular formula is C15H21NO4S. The van der Waals surface area contributed by atoms with Gasteiger partial charge >= 0.3 is 11.9 Å². The van der Waals surface area contributed by atoms with Gasteiger partial charge in [0.2, 0.25) is 0 Å². The Kier molecular flexibility index (Phi) is 6.23. The summed E-state index contributed by atoms with van der Waals surface area (Å²) in [4.78, 5) is 22.4. The van der Waals surface area contributed by atoms with E-state index in [1.165, 1.54) is 18.9 Å². The topological polar surface area (TPSA) is 89.6 Å². The van der Waals surface area contributed by atoms with Crippen molar-refractivity contribution >= 4 is 23.7 Å². The Morgan fingerprint density at radius 2 is 1.90 bits per heavy atom. The highest BCUT2D eigenvalue weighted by Gasteiger charge is 2.32. The number of carboxylic acids is 1. The van der Waals surface area contributed by atoms with Crippen molar-refractivity contribution in [1.29, 1.82) is 0 Å². The van der Waals surface area contributed by atoms with Gasteiger partial charge in [0.15, 0.2) is 0 Å². The number of hydrogen-bond acceptors (Lipinski definition) is 5. The van der Waals surface area contributed by atoms with Crippen LogP contribution in [0, 0.1) is 0 Å². The molecule has 1 aromatic carbocycles. The molecule has 0 spiro atoms. The number of aliphatic carboxylic acids is 1. The Morgan fingerprint density at radius 1 is 1.33 bits per heavy atom. The fourth-order valence-corrected chi connectivity index (χ4v) is 2.84. The fourth-order valence-electron chi connectivity index (χ4n) is 1.75. The first-order chi connectivity index (χ1) is 9.77. The van der Waals surface area contributed by atoms with Crippen LogP contribution in [0.1, 0.15) is 25.0 Å². The molecule has 0 aromatic heterocycles. The summed E-state index contributed by atoms with van der Waals surface area (Å²) >= 11 is 1.46. The average molecular weight is 311 g/mol. The average Bonchev–Trinajstić information content (AvgIpc) is 2.45. The number of thioether (sulfide) groups is 1. The molecule has 0 radical (unpaired) electrons. The lowest BCUT2D eigenvalue weighted by atomic mass is 10.0. The lowest BCUT2D eigenvalue weighted by Gasteiger charge is -2.28. The monoisotopic (exact) mass is 311 g/mol. The highest BCUT2D eigenvalue weighted by molar-refractivity contribution is 7.99. The summed E-state index contributed by atoms with van der Waals surface area (Å²) in [6.07, 6.45) is 0.207. The minimum atomic E-state index is -1.02. The first-order valence-electron chi connectivity index (χ1n) is 6.54. The SMILES string of the molecule is COC(=O)Cc1ccccc1CSC(C)(C)[C@@H](N)C(=O)O. The van der Waals surface area contributed by atoms with Gasteiger partial charge in [0.1, 0.15) is 6.04 Å². The van der Waals surface area contributed by atoms with Crippen molar-refractivity contribution in [3.8, 4) is 0 Å². The van der Waals surface area contributed by atoms with Crippen molar-refractivity contribution in [2.24, 2.45) is 5.73 Å². The molecule has 1 atom stereocenters. The number of esters is 1. The molecule has 116 valence electrons. The first-order valence-corrected chi connectivity index (χ1v) is 7.52. The van der Waals surface area contributed by atoms with Gasteiger partial charge in [-0.2, -0.15) is 0 Å². The molecule has 0 amide bonds. The largest absolute Gasteiger partial charge is 0.480 e. The van der Waals surface area contributed by atoms with Crippen molar-refractivity contribution in [1.82, 2.24) is 0 Å². The maximum absolute atomic E-state index is 11.4. The van der Waals surface area contributed by atoms with Crippen LogP contribution in [0.3, 0.4) is 0 Å². The van der Waals surface area contributed by atoms with Gasteiger partial charge in [0, 0.05) is 10.5 Å². The van der Waals surface area contributed by atoms with Gasteiger partial charge in [-0.05, 0) is 25.0 Å². The third-order valence-electron chi connectivity index (χ3n) is 3.30. The number of benzene rings is 1. The van der Waals surface area contributed by atoms with E-state index < -0.39 is 16.8 Å². The molecule has 0 aliphatic rings. The minimum Gasteiger partial charge on any atom is -0.480 e. The van der Waals surface area contributed by atoms with Crippen LogP contribution in [-0.2, 0) is 26.5 Å². The van der Waals surface area contributed by atoms with Crippen LogP contribution in [0.4, 0.5) is 0 Å². The van der Waals surface area contributed by atoms with E-state index in [1.807, 2.05) is 24.3 Å². The molecule has 0 heterocycles. The van der Waals surface area contributed by atoms with Crippen molar-refractivity contribution in [2.45, 2.75) is 36.8 Å². The summed E-state index contributed by atoms with van der Waals surface area (Å²) < 4.78 is 4.07. The molecule has 0 unspecified atom stereocenters. The van der Waals surface area contributed by atoms with E-state index in [0.717, 1.165) is 11.1 Å². The van der Waals surface area contributed by atoms with E-state index in [4.69, 9.17) is 10.8 Å². The van der Waals surface area contributed by atoms with E-state index in [9.17, 15) is 9.59 Å². The zero-order chi connectivity index (χ0) is 16.0. The number of ether oxygens (including phenoxy) is 1. The van der Waals surface area contributed by atoms with E-state index in [2.05, 4.69) is 4.74 Å². The second kappa shape index (κ2) is 7.47. The molecule has 0 aliphatic heterocycles. The summed E-state index contributed by atoms with van der Waals surface area (Å²) in [7, 11) is 1.36. The van der Waals surface area contributed by atoms with Gasteiger partial charge < -0.3 is 15.6 Å². The van der Waals surface area contributed by atoms with Gasteiger partial charge in [-0.3, -0.25) is 9.59 Å². The Labute approximate surface area is 128 Å². The molecular weight excluding hydrogens is 290 g/mol. The van der Waals surface area contributed by atoms with E-state index >= 15 is 0 Å². The number of carbonyl (C=O) groups is 2. The predicted molar refractivity (Wildman–Crippen MR) is 83.1 cm³/mol. The third-order valence-corrected chi connectivity index (χ3v) is 4.75. The van der Waals surface area contributed by atoms with E-state index in [0.29, 0.717) is 5.75 Å². The van der Waals surface area contributed by atoms with Crippen LogP contribution in [0.15, 0.2) is 24.3 Å². The third kappa shape index (κ3) is 5.06. The van der Waals surface area contributed by atoms with E-state index in [1.54, 1.807) is 13.8 Å². The molecule has 0 fully saturated rings. The summed E-state index contributed by atoms with van der Waals surface area (Å²) in [5.74, 6) is -0.731. The van der Waals surface area contributed by atoms with Crippen LogP contribution in [0.25, 0.3) is 0 Å². The molecule has 21 heavy (non-hydrogen) atoms. The first kappa shape index (κ1) is 17.5. The smallest absolute Gasteiger partial charge is 0.321 e. The van der Waals surface area contributed by atoms with Crippen molar-refractivity contribution in [3.63, 3.8) is 0 Å². The van der Waals surface area contributed by atoms with Gasteiger partial charge in [0.05, 0.1) is 13.5 Å². The molecule has 0 saturated heterocycles. The minimum absolute atomic E-state index is 0.207. The predicted octanol–water partition coefficient (Wildman–Crippen LogP) is 1.83. The quantitative estimate of drug-likeness (QED) is 0.747. The van der Waals surface area contributed by atoms with Crippen molar-refractivity contribution < 1.29 is 19.4 Å². The van der Waals surface area contributed by atoms with E-state index in [-0.39, 0.29) is 12.4 Å². The van der Waals surface area contributed by atoms with Gasteiger partial charge in [-0.1, -0.05) is 24.3 Å². The maximum Gasteiger partial charge on any atom is 0.321 e. The maximum atomic E-state index is 11.4. The van der Waals surface area contributed by atoms with Crippen LogP contribution in [-0.4, -0.2) is 34.9 Å². The highest BCUT2D eigenvalue weighted by atomic mass is 32.2. The Balaban J connectivity index is 2.80. The lowest BCUT2D eigenvalue weighted by Crippen LogP contribution is -2.46. The summed E-state index contributed by atoms with van der Waals surface area (Å²) in [5, 5.41) is 9.02. The molecule has 3 N–H and O–H groups in total.